The Labute approximate surface area is 192 Å². The molecule has 0 aromatic heterocycles. The fourth-order valence-corrected chi connectivity index (χ4v) is 4.45. The lowest BCUT2D eigenvalue weighted by Crippen LogP contribution is -2.64. The highest BCUT2D eigenvalue weighted by atomic mass is 127. The van der Waals surface area contributed by atoms with Gasteiger partial charge in [-0.25, -0.2) is 0 Å². The van der Waals surface area contributed by atoms with Crippen LogP contribution in [0.2, 0.25) is 0 Å². The van der Waals surface area contributed by atoms with Gasteiger partial charge in [0.15, 0.2) is 5.96 Å². The van der Waals surface area contributed by atoms with E-state index in [1.54, 1.807) is 0 Å². The van der Waals surface area contributed by atoms with Crippen LogP contribution in [0.25, 0.3) is 0 Å². The lowest BCUT2D eigenvalue weighted by atomic mass is 10.1. The summed E-state index contributed by atoms with van der Waals surface area (Å²) in [4.78, 5) is 14.6. The number of para-hydroxylation sites is 1. The molecule has 1 unspecified atom stereocenters. The van der Waals surface area contributed by atoms with Crippen LogP contribution in [0.1, 0.15) is 0 Å². The van der Waals surface area contributed by atoms with Crippen molar-refractivity contribution in [2.24, 2.45) is 4.99 Å². The van der Waals surface area contributed by atoms with E-state index in [9.17, 15) is 0 Å². The lowest BCUT2D eigenvalue weighted by molar-refractivity contribution is 0.0151. The first-order chi connectivity index (χ1) is 13.8. The minimum atomic E-state index is 0. The molecule has 4 saturated heterocycles. The summed E-state index contributed by atoms with van der Waals surface area (Å²) in [7, 11) is 1.90. The van der Waals surface area contributed by atoms with E-state index >= 15 is 0 Å². The predicted octanol–water partition coefficient (Wildman–Crippen LogP) is 0.876. The van der Waals surface area contributed by atoms with Gasteiger partial charge in [0.05, 0.1) is 0 Å². The van der Waals surface area contributed by atoms with Crippen molar-refractivity contribution in [3.63, 3.8) is 0 Å². The van der Waals surface area contributed by atoms with E-state index in [1.165, 1.54) is 32.7 Å². The van der Waals surface area contributed by atoms with Crippen molar-refractivity contribution < 1.29 is 4.74 Å². The Balaban J connectivity index is 0.00000240. The molecule has 0 radical (unpaired) electrons. The molecule has 4 aliphatic rings. The molecule has 8 heteroatoms. The van der Waals surface area contributed by atoms with Crippen LogP contribution in [0.3, 0.4) is 0 Å². The summed E-state index contributed by atoms with van der Waals surface area (Å²) in [5, 5.41) is 3.64. The summed E-state index contributed by atoms with van der Waals surface area (Å²) in [5.41, 5.74) is 0. The van der Waals surface area contributed by atoms with Gasteiger partial charge >= 0.3 is 0 Å². The molecule has 29 heavy (non-hydrogen) atoms. The summed E-state index contributed by atoms with van der Waals surface area (Å²) < 4.78 is 5.83. The molecule has 4 heterocycles. The molecule has 1 aromatic rings. The molecule has 1 atom stereocenters. The van der Waals surface area contributed by atoms with Crippen LogP contribution in [-0.2, 0) is 0 Å². The van der Waals surface area contributed by atoms with E-state index < -0.39 is 0 Å². The molecule has 0 aliphatic carbocycles. The maximum atomic E-state index is 5.83. The summed E-state index contributed by atoms with van der Waals surface area (Å²) >= 11 is 0. The Morgan fingerprint density at radius 2 is 1.76 bits per heavy atom. The van der Waals surface area contributed by atoms with E-state index in [0.717, 1.165) is 57.6 Å². The van der Waals surface area contributed by atoms with Crippen LogP contribution in [-0.4, -0.2) is 117 Å². The first kappa shape index (κ1) is 22.6. The van der Waals surface area contributed by atoms with Gasteiger partial charge in [0, 0.05) is 85.1 Å². The average Bonchev–Trinajstić information content (AvgIpc) is 2.77. The molecule has 0 amide bonds. The van der Waals surface area contributed by atoms with E-state index in [-0.39, 0.29) is 24.0 Å². The molecular weight excluding hydrogens is 479 g/mol. The van der Waals surface area contributed by atoms with Crippen LogP contribution < -0.4 is 10.1 Å². The molecule has 0 saturated carbocycles. The predicted molar refractivity (Wildman–Crippen MR) is 129 cm³/mol. The van der Waals surface area contributed by atoms with Gasteiger partial charge in [0.1, 0.15) is 12.4 Å². The van der Waals surface area contributed by atoms with E-state index in [2.05, 4.69) is 29.9 Å². The lowest BCUT2D eigenvalue weighted by Gasteiger charge is -2.47. The standard InChI is InChI=1S/C21H34N6O.HI/c1-22-21(23-17-19-18-25-9-11-26(19)12-10-25)27-13-7-24(8-14-27)15-16-28-20-5-3-2-4-6-20;/h2-6,19H,7-18H2,1H3,(H,22,23);1H. The monoisotopic (exact) mass is 514 g/mol. The fourth-order valence-electron chi connectivity index (χ4n) is 4.45. The molecule has 1 N–H and O–H groups in total. The van der Waals surface area contributed by atoms with Gasteiger partial charge in [0.25, 0.3) is 0 Å². The zero-order valence-electron chi connectivity index (χ0n) is 17.5. The minimum Gasteiger partial charge on any atom is -0.492 e. The number of aliphatic imine (C=N–C) groups is 1. The Kier molecular flexibility index (Phi) is 8.83. The van der Waals surface area contributed by atoms with E-state index in [0.29, 0.717) is 6.04 Å². The number of guanidine groups is 1. The second-order valence-corrected chi connectivity index (χ2v) is 7.91. The molecule has 7 nitrogen and oxygen atoms in total. The Hall–Kier alpha value is -1.10. The quantitative estimate of drug-likeness (QED) is 0.346. The largest absolute Gasteiger partial charge is 0.492 e. The van der Waals surface area contributed by atoms with E-state index in [4.69, 9.17) is 4.74 Å². The van der Waals surface area contributed by atoms with Gasteiger partial charge in [-0.3, -0.25) is 19.7 Å². The van der Waals surface area contributed by atoms with Gasteiger partial charge in [-0.05, 0) is 12.1 Å². The third kappa shape index (κ3) is 6.19. The summed E-state index contributed by atoms with van der Waals surface area (Å²) in [6.07, 6.45) is 0. The van der Waals surface area contributed by atoms with Crippen LogP contribution in [0, 0.1) is 0 Å². The number of ether oxygens (including phenoxy) is 1. The van der Waals surface area contributed by atoms with Gasteiger partial charge in [-0.1, -0.05) is 18.2 Å². The topological polar surface area (TPSA) is 46.6 Å². The zero-order chi connectivity index (χ0) is 19.2. The Morgan fingerprint density at radius 3 is 2.38 bits per heavy atom. The van der Waals surface area contributed by atoms with Gasteiger partial charge < -0.3 is 15.0 Å². The van der Waals surface area contributed by atoms with Crippen LogP contribution >= 0.6 is 24.0 Å². The first-order valence-electron chi connectivity index (χ1n) is 10.6. The van der Waals surface area contributed by atoms with Crippen molar-refractivity contribution in [3.8, 4) is 5.75 Å². The number of piperazine rings is 4. The zero-order valence-corrected chi connectivity index (χ0v) is 19.8. The van der Waals surface area contributed by atoms with Gasteiger partial charge in [-0.2, -0.15) is 0 Å². The molecule has 4 fully saturated rings. The summed E-state index contributed by atoms with van der Waals surface area (Å²) in [5.74, 6) is 2.01. The second-order valence-electron chi connectivity index (χ2n) is 7.91. The SMILES string of the molecule is CN=C(NCC1CN2CCN1CC2)N1CCN(CCOc2ccccc2)CC1.I. The number of hydrogen-bond donors (Lipinski definition) is 1. The maximum absolute atomic E-state index is 5.83. The number of fused-ring (bicyclic) bond motifs is 3. The number of hydrogen-bond acceptors (Lipinski definition) is 5. The van der Waals surface area contributed by atoms with Gasteiger partial charge in [-0.15, -0.1) is 24.0 Å². The maximum Gasteiger partial charge on any atom is 0.193 e. The Morgan fingerprint density at radius 1 is 1.03 bits per heavy atom. The molecular formula is C21H35IN6O. The van der Waals surface area contributed by atoms with E-state index in [1.807, 2.05) is 37.4 Å². The van der Waals surface area contributed by atoms with Crippen molar-refractivity contribution in [2.75, 3.05) is 85.6 Å². The number of nitrogens with one attached hydrogen (secondary N) is 1. The van der Waals surface area contributed by atoms with Crippen molar-refractivity contribution in [1.29, 1.82) is 0 Å². The number of rotatable bonds is 6. The van der Waals surface area contributed by atoms with Crippen molar-refractivity contribution >= 4 is 29.9 Å². The highest BCUT2D eigenvalue weighted by Crippen LogP contribution is 2.15. The number of halogens is 1. The smallest absolute Gasteiger partial charge is 0.193 e. The molecule has 2 bridgehead atoms. The molecule has 0 spiro atoms. The van der Waals surface area contributed by atoms with Crippen molar-refractivity contribution in [2.45, 2.75) is 6.04 Å². The van der Waals surface area contributed by atoms with Crippen LogP contribution in [0.5, 0.6) is 5.75 Å². The molecule has 1 aromatic carbocycles. The second kappa shape index (κ2) is 11.3. The molecule has 162 valence electrons. The number of nitrogens with zero attached hydrogens (tertiary/aromatic N) is 5. The normalized spacial score (nSPS) is 27.4. The third-order valence-corrected chi connectivity index (χ3v) is 6.19. The highest BCUT2D eigenvalue weighted by Gasteiger charge is 2.32. The number of benzene rings is 1. The first-order valence-corrected chi connectivity index (χ1v) is 10.6. The van der Waals surface area contributed by atoms with Crippen molar-refractivity contribution in [1.82, 2.24) is 24.9 Å². The summed E-state index contributed by atoms with van der Waals surface area (Å²) in [6, 6.07) is 10.7. The van der Waals surface area contributed by atoms with Crippen LogP contribution in [0.4, 0.5) is 0 Å². The fraction of sp³-hybridized carbons (Fsp3) is 0.667. The third-order valence-electron chi connectivity index (χ3n) is 6.19. The highest BCUT2D eigenvalue weighted by molar-refractivity contribution is 14.0. The Bertz CT molecular complexity index is 629. The minimum absolute atomic E-state index is 0. The average molecular weight is 514 g/mol. The van der Waals surface area contributed by atoms with Gasteiger partial charge in [0.2, 0.25) is 0 Å². The molecule has 4 aliphatic heterocycles. The van der Waals surface area contributed by atoms with Crippen LogP contribution in [0.15, 0.2) is 35.3 Å². The van der Waals surface area contributed by atoms with Crippen molar-refractivity contribution in [3.05, 3.63) is 30.3 Å². The molecule has 5 rings (SSSR count). The summed E-state index contributed by atoms with van der Waals surface area (Å²) in [6.45, 7) is 13.0.